The van der Waals surface area contributed by atoms with Crippen LogP contribution in [0.15, 0.2) is 41.8 Å². The van der Waals surface area contributed by atoms with Crippen molar-refractivity contribution in [2.75, 3.05) is 25.1 Å². The Morgan fingerprint density at radius 1 is 1.14 bits per heavy atom. The zero-order valence-corrected chi connectivity index (χ0v) is 16.5. The molecule has 0 aliphatic carbocycles. The van der Waals surface area contributed by atoms with Gasteiger partial charge in [-0.1, -0.05) is 12.1 Å². The maximum absolute atomic E-state index is 12.2. The van der Waals surface area contributed by atoms with Crippen LogP contribution >= 0.6 is 11.3 Å². The number of carbonyl (C=O) groups is 1. The second kappa shape index (κ2) is 7.90. The molecule has 0 saturated carbocycles. The number of aryl methyl sites for hydroxylation is 2. The van der Waals surface area contributed by atoms with Gasteiger partial charge < -0.3 is 14.2 Å². The van der Waals surface area contributed by atoms with E-state index in [0.29, 0.717) is 29.8 Å². The van der Waals surface area contributed by atoms with Crippen LogP contribution in [0.3, 0.4) is 0 Å². The van der Waals surface area contributed by atoms with Crippen molar-refractivity contribution in [1.29, 1.82) is 0 Å². The fraction of sp³-hybridized carbons (Fsp3) is 0.238. The van der Waals surface area contributed by atoms with Crippen LogP contribution in [-0.4, -0.2) is 30.7 Å². The summed E-state index contributed by atoms with van der Waals surface area (Å²) >= 11 is 1.37. The van der Waals surface area contributed by atoms with E-state index < -0.39 is 0 Å². The van der Waals surface area contributed by atoms with Gasteiger partial charge in [0.05, 0.1) is 5.69 Å². The zero-order chi connectivity index (χ0) is 19.5. The highest BCUT2D eigenvalue weighted by Gasteiger charge is 2.14. The van der Waals surface area contributed by atoms with E-state index >= 15 is 0 Å². The number of aromatic nitrogens is 1. The van der Waals surface area contributed by atoms with Crippen molar-refractivity contribution in [3.8, 4) is 28.5 Å². The molecule has 0 radical (unpaired) electrons. The predicted molar refractivity (Wildman–Crippen MR) is 109 cm³/mol. The number of hydrogen-bond acceptors (Lipinski definition) is 6. The molecule has 4 rings (SSSR count). The SMILES string of the molecule is Cc1ccc(C)c(OCC(=O)Nc2nc(-c3ccc4c(c3)OCCO4)cs2)c1. The lowest BCUT2D eigenvalue weighted by atomic mass is 10.1. The Hall–Kier alpha value is -3.06. The highest BCUT2D eigenvalue weighted by Crippen LogP contribution is 2.35. The van der Waals surface area contributed by atoms with Gasteiger partial charge in [0.2, 0.25) is 0 Å². The molecule has 1 amide bonds. The van der Waals surface area contributed by atoms with E-state index in [1.54, 1.807) is 0 Å². The first-order chi connectivity index (χ1) is 13.6. The minimum absolute atomic E-state index is 0.0662. The minimum atomic E-state index is -0.246. The second-order valence-corrected chi connectivity index (χ2v) is 7.36. The van der Waals surface area contributed by atoms with Crippen molar-refractivity contribution >= 4 is 22.4 Å². The molecule has 0 fully saturated rings. The number of fused-ring (bicyclic) bond motifs is 1. The molecule has 2 aromatic carbocycles. The summed E-state index contributed by atoms with van der Waals surface area (Å²) in [5.74, 6) is 1.92. The Bertz CT molecular complexity index is 1020. The number of benzene rings is 2. The first-order valence-electron chi connectivity index (χ1n) is 8.94. The Morgan fingerprint density at radius 2 is 1.96 bits per heavy atom. The highest BCUT2D eigenvalue weighted by molar-refractivity contribution is 7.14. The molecule has 144 valence electrons. The van der Waals surface area contributed by atoms with Gasteiger partial charge in [0.25, 0.3) is 5.91 Å². The number of thiazole rings is 1. The molecule has 0 bridgehead atoms. The van der Waals surface area contributed by atoms with Crippen LogP contribution in [0.4, 0.5) is 5.13 Å². The van der Waals surface area contributed by atoms with Crippen LogP contribution in [0.2, 0.25) is 0 Å². The van der Waals surface area contributed by atoms with E-state index in [1.165, 1.54) is 11.3 Å². The monoisotopic (exact) mass is 396 g/mol. The Labute approximate surface area is 167 Å². The second-order valence-electron chi connectivity index (χ2n) is 6.50. The van der Waals surface area contributed by atoms with Gasteiger partial charge in [0.1, 0.15) is 19.0 Å². The van der Waals surface area contributed by atoms with Crippen molar-refractivity contribution in [1.82, 2.24) is 4.98 Å². The maximum atomic E-state index is 12.2. The molecule has 1 aromatic heterocycles. The summed E-state index contributed by atoms with van der Waals surface area (Å²) in [5, 5.41) is 5.21. The van der Waals surface area contributed by atoms with Crippen LogP contribution in [0.1, 0.15) is 11.1 Å². The Balaban J connectivity index is 1.39. The van der Waals surface area contributed by atoms with Crippen LogP contribution in [-0.2, 0) is 4.79 Å². The molecular formula is C21H20N2O4S. The third kappa shape index (κ3) is 4.09. The number of ether oxygens (including phenoxy) is 3. The molecule has 28 heavy (non-hydrogen) atoms. The molecule has 7 heteroatoms. The van der Waals surface area contributed by atoms with E-state index in [2.05, 4.69) is 10.3 Å². The number of rotatable bonds is 5. The van der Waals surface area contributed by atoms with Gasteiger partial charge in [-0.25, -0.2) is 4.98 Å². The topological polar surface area (TPSA) is 69.7 Å². The van der Waals surface area contributed by atoms with Crippen molar-refractivity contribution in [2.24, 2.45) is 0 Å². The number of hydrogen-bond donors (Lipinski definition) is 1. The van der Waals surface area contributed by atoms with E-state index in [-0.39, 0.29) is 12.5 Å². The lowest BCUT2D eigenvalue weighted by molar-refractivity contribution is -0.118. The van der Waals surface area contributed by atoms with Crippen LogP contribution in [0.5, 0.6) is 17.2 Å². The summed E-state index contributed by atoms with van der Waals surface area (Å²) in [6.07, 6.45) is 0. The van der Waals surface area contributed by atoms with E-state index in [4.69, 9.17) is 14.2 Å². The smallest absolute Gasteiger partial charge is 0.264 e. The summed E-state index contributed by atoms with van der Waals surface area (Å²) in [4.78, 5) is 16.7. The van der Waals surface area contributed by atoms with Gasteiger partial charge >= 0.3 is 0 Å². The van der Waals surface area contributed by atoms with Gasteiger partial charge in [-0.15, -0.1) is 11.3 Å². The number of amides is 1. The van der Waals surface area contributed by atoms with Gasteiger partial charge in [-0.2, -0.15) is 0 Å². The normalized spacial score (nSPS) is 12.5. The molecule has 1 N–H and O–H groups in total. The summed E-state index contributed by atoms with van der Waals surface area (Å²) in [5.41, 5.74) is 3.76. The lowest BCUT2D eigenvalue weighted by Crippen LogP contribution is -2.20. The molecule has 0 saturated heterocycles. The van der Waals surface area contributed by atoms with Gasteiger partial charge in [0.15, 0.2) is 23.2 Å². The van der Waals surface area contributed by atoms with Crippen LogP contribution in [0.25, 0.3) is 11.3 Å². The largest absolute Gasteiger partial charge is 0.486 e. The maximum Gasteiger partial charge on any atom is 0.264 e. The Morgan fingerprint density at radius 3 is 2.82 bits per heavy atom. The molecule has 2 heterocycles. The highest BCUT2D eigenvalue weighted by atomic mass is 32.1. The van der Waals surface area contributed by atoms with Gasteiger partial charge in [-0.05, 0) is 49.2 Å². The molecule has 1 aliphatic heterocycles. The quantitative estimate of drug-likeness (QED) is 0.699. The molecule has 1 aliphatic rings. The molecule has 0 spiro atoms. The first kappa shape index (κ1) is 18.3. The van der Waals surface area contributed by atoms with E-state index in [1.807, 2.05) is 55.6 Å². The third-order valence-electron chi connectivity index (χ3n) is 4.29. The molecule has 3 aromatic rings. The van der Waals surface area contributed by atoms with Crippen molar-refractivity contribution < 1.29 is 19.0 Å². The minimum Gasteiger partial charge on any atom is -0.486 e. The molecule has 0 unspecified atom stereocenters. The third-order valence-corrected chi connectivity index (χ3v) is 5.05. The average Bonchev–Trinajstić information content (AvgIpc) is 3.16. The zero-order valence-electron chi connectivity index (χ0n) is 15.7. The predicted octanol–water partition coefficient (Wildman–Crippen LogP) is 4.22. The van der Waals surface area contributed by atoms with Crippen LogP contribution in [0, 0.1) is 13.8 Å². The van der Waals surface area contributed by atoms with Crippen LogP contribution < -0.4 is 19.5 Å². The fourth-order valence-corrected chi connectivity index (χ4v) is 3.56. The summed E-state index contributed by atoms with van der Waals surface area (Å²) in [6, 6.07) is 11.6. The lowest BCUT2D eigenvalue weighted by Gasteiger charge is -2.18. The van der Waals surface area contributed by atoms with E-state index in [0.717, 1.165) is 28.1 Å². The number of nitrogens with one attached hydrogen (secondary N) is 1. The number of anilines is 1. The number of nitrogens with zero attached hydrogens (tertiary/aromatic N) is 1. The van der Waals surface area contributed by atoms with Gasteiger partial charge in [0, 0.05) is 10.9 Å². The molecule has 6 nitrogen and oxygen atoms in total. The first-order valence-corrected chi connectivity index (χ1v) is 9.82. The standard InChI is InChI=1S/C21H20N2O4S/c1-13-3-4-14(2)18(9-13)27-11-20(24)23-21-22-16(12-28-21)15-5-6-17-19(10-15)26-8-7-25-17/h3-6,9-10,12H,7-8,11H2,1-2H3,(H,22,23,24). The van der Waals surface area contributed by atoms with Crippen molar-refractivity contribution in [3.63, 3.8) is 0 Å². The fourth-order valence-electron chi connectivity index (χ4n) is 2.83. The summed E-state index contributed by atoms with van der Waals surface area (Å²) in [6.45, 7) is 4.97. The molecular weight excluding hydrogens is 376 g/mol. The van der Waals surface area contributed by atoms with Crippen molar-refractivity contribution in [2.45, 2.75) is 13.8 Å². The van der Waals surface area contributed by atoms with Crippen molar-refractivity contribution in [3.05, 3.63) is 52.9 Å². The average molecular weight is 396 g/mol. The molecule has 0 atom stereocenters. The summed E-state index contributed by atoms with van der Waals surface area (Å²) in [7, 11) is 0. The van der Waals surface area contributed by atoms with E-state index in [9.17, 15) is 4.79 Å². The van der Waals surface area contributed by atoms with Gasteiger partial charge in [-0.3, -0.25) is 10.1 Å². The number of carbonyl (C=O) groups excluding carboxylic acids is 1. The Kier molecular flexibility index (Phi) is 5.16. The summed E-state index contributed by atoms with van der Waals surface area (Å²) < 4.78 is 16.8.